The topological polar surface area (TPSA) is 111 Å². The van der Waals surface area contributed by atoms with Gasteiger partial charge in [-0.05, 0) is 66.1 Å². The van der Waals surface area contributed by atoms with Crippen LogP contribution >= 0.6 is 11.8 Å². The molecule has 3 heterocycles. The van der Waals surface area contributed by atoms with Gasteiger partial charge in [0, 0.05) is 5.56 Å². The van der Waals surface area contributed by atoms with E-state index in [0.717, 1.165) is 41.1 Å². The number of urea groups is 1. The van der Waals surface area contributed by atoms with E-state index < -0.39 is 18.2 Å². The lowest BCUT2D eigenvalue weighted by molar-refractivity contribution is -0.274. The first kappa shape index (κ1) is 28.4. The number of hydrogen-bond acceptors (Lipinski definition) is 7. The number of amides is 3. The van der Waals surface area contributed by atoms with Gasteiger partial charge in [0.25, 0.3) is 0 Å². The molecule has 0 radical (unpaired) electrons. The fourth-order valence-electron chi connectivity index (χ4n) is 4.60. The van der Waals surface area contributed by atoms with Crippen molar-refractivity contribution in [3.63, 3.8) is 0 Å². The van der Waals surface area contributed by atoms with Crippen molar-refractivity contribution >= 4 is 40.2 Å². The van der Waals surface area contributed by atoms with Gasteiger partial charge in [0.05, 0.1) is 36.0 Å². The molecule has 1 fully saturated rings. The largest absolute Gasteiger partial charge is 0.573 e. The van der Waals surface area contributed by atoms with E-state index in [9.17, 15) is 27.2 Å². The minimum absolute atomic E-state index is 0.112. The van der Waals surface area contributed by atoms with Gasteiger partial charge in [-0.25, -0.2) is 18.9 Å². The number of aliphatic imine (C=N–C) groups is 1. The Kier molecular flexibility index (Phi) is 7.58. The third-order valence-electron chi connectivity index (χ3n) is 6.50. The number of aromatic nitrogens is 3. The number of carbonyl (C=O) groups excluding carboxylic acids is 2. The van der Waals surface area contributed by atoms with Crippen molar-refractivity contribution in [2.45, 2.75) is 19.4 Å². The number of benzene rings is 3. The molecule has 4 aromatic rings. The molecule has 3 amide bonds. The number of nitrogens with zero attached hydrogens (tertiary/aromatic N) is 5. The summed E-state index contributed by atoms with van der Waals surface area (Å²) in [6.45, 7) is 0.954. The van der Waals surface area contributed by atoms with E-state index in [1.54, 1.807) is 6.07 Å². The molecular formula is C28H20F4N6O4S. The zero-order valence-electron chi connectivity index (χ0n) is 22.0. The number of alkyl halides is 3. The molecule has 1 N–H and O–H groups in total. The Balaban J connectivity index is 1.16. The fourth-order valence-corrected chi connectivity index (χ4v) is 5.46. The number of anilines is 2. The van der Waals surface area contributed by atoms with Crippen LogP contribution in [0.5, 0.6) is 5.75 Å². The molecule has 0 aliphatic carbocycles. The van der Waals surface area contributed by atoms with E-state index in [1.165, 1.54) is 40.2 Å². The maximum absolute atomic E-state index is 15.0. The summed E-state index contributed by atoms with van der Waals surface area (Å²) in [7, 11) is 0. The van der Waals surface area contributed by atoms with Crippen molar-refractivity contribution in [2.24, 2.45) is 4.99 Å². The van der Waals surface area contributed by atoms with Crippen LogP contribution in [0.1, 0.15) is 11.1 Å². The number of ether oxygens (including phenoxy) is 2. The summed E-state index contributed by atoms with van der Waals surface area (Å²) < 4.78 is 62.8. The van der Waals surface area contributed by atoms with E-state index in [2.05, 4.69) is 25.1 Å². The van der Waals surface area contributed by atoms with Gasteiger partial charge in [0.15, 0.2) is 11.0 Å². The van der Waals surface area contributed by atoms with Crippen molar-refractivity contribution in [1.29, 1.82) is 0 Å². The monoisotopic (exact) mass is 612 g/mol. The van der Waals surface area contributed by atoms with E-state index in [1.807, 2.05) is 12.1 Å². The second-order valence-electron chi connectivity index (χ2n) is 9.31. The van der Waals surface area contributed by atoms with Gasteiger partial charge in [0.2, 0.25) is 5.91 Å². The van der Waals surface area contributed by atoms with E-state index in [-0.39, 0.29) is 34.1 Å². The molecule has 10 nitrogen and oxygen atoms in total. The summed E-state index contributed by atoms with van der Waals surface area (Å²) >= 11 is 1.12. The lowest BCUT2D eigenvalue weighted by Crippen LogP contribution is -2.32. The van der Waals surface area contributed by atoms with Gasteiger partial charge in [-0.3, -0.25) is 9.69 Å². The maximum Gasteiger partial charge on any atom is 0.573 e. The number of amidine groups is 1. The summed E-state index contributed by atoms with van der Waals surface area (Å²) in [6.07, 6.45) is -2.87. The second kappa shape index (κ2) is 11.5. The molecule has 2 aliphatic rings. The van der Waals surface area contributed by atoms with E-state index in [0.29, 0.717) is 36.6 Å². The molecule has 0 unspecified atom stereocenters. The summed E-state index contributed by atoms with van der Waals surface area (Å²) in [5.74, 6) is -1.13. The minimum Gasteiger partial charge on any atom is -0.406 e. The Morgan fingerprint density at radius 1 is 1.12 bits per heavy atom. The Hall–Kier alpha value is -4.76. The number of fused-ring (bicyclic) bond motifs is 1. The van der Waals surface area contributed by atoms with Crippen molar-refractivity contribution in [3.05, 3.63) is 83.9 Å². The van der Waals surface area contributed by atoms with Gasteiger partial charge >= 0.3 is 12.4 Å². The number of rotatable bonds is 5. The highest BCUT2D eigenvalue weighted by molar-refractivity contribution is 8.15. The van der Waals surface area contributed by atoms with E-state index >= 15 is 0 Å². The van der Waals surface area contributed by atoms with Gasteiger partial charge < -0.3 is 14.8 Å². The molecule has 0 spiro atoms. The van der Waals surface area contributed by atoms with Crippen LogP contribution in [-0.4, -0.2) is 50.6 Å². The van der Waals surface area contributed by atoms with Gasteiger partial charge in [-0.1, -0.05) is 23.9 Å². The minimum atomic E-state index is -4.81. The standard InChI is InChI=1S/C28H20F4N6O4S/c29-21-12-16(25-33-15-37(36-25)18-5-7-19(8-6-18)42-28(30,31)32)4-9-22(21)34-26(40)35-27-38(24(39)14-43-27)23-3-1-2-17-13-41-11-10-20(17)23/h1-9,12,15H,10-11,13-14H2,(H,34,40). The Labute approximate surface area is 245 Å². The quantitative estimate of drug-likeness (QED) is 0.288. The molecule has 220 valence electrons. The van der Waals surface area contributed by atoms with Gasteiger partial charge in [-0.2, -0.15) is 4.99 Å². The molecule has 0 bridgehead atoms. The number of halogens is 4. The van der Waals surface area contributed by atoms with Crippen molar-refractivity contribution in [1.82, 2.24) is 14.8 Å². The molecule has 1 aromatic heterocycles. The summed E-state index contributed by atoms with van der Waals surface area (Å²) in [5.41, 5.74) is 3.12. The Bertz CT molecular complexity index is 1740. The van der Waals surface area contributed by atoms with E-state index in [4.69, 9.17) is 4.74 Å². The molecule has 0 saturated carbocycles. The molecule has 1 saturated heterocycles. The first-order valence-corrected chi connectivity index (χ1v) is 13.7. The number of carbonyl (C=O) groups is 2. The molecule has 2 aliphatic heterocycles. The van der Waals surface area contributed by atoms with Crippen molar-refractivity contribution in [2.75, 3.05) is 22.6 Å². The fraction of sp³-hybridized carbons (Fsp3) is 0.179. The smallest absolute Gasteiger partial charge is 0.406 e. The first-order chi connectivity index (χ1) is 20.6. The number of hydrogen-bond donors (Lipinski definition) is 1. The molecule has 6 rings (SSSR count). The van der Waals surface area contributed by atoms with Crippen LogP contribution in [0.2, 0.25) is 0 Å². The Morgan fingerprint density at radius 3 is 2.70 bits per heavy atom. The van der Waals surface area contributed by atoms with Crippen LogP contribution in [0, 0.1) is 5.82 Å². The predicted octanol–water partition coefficient (Wildman–Crippen LogP) is 5.71. The summed E-state index contributed by atoms with van der Waals surface area (Å²) in [5, 5.41) is 6.84. The van der Waals surface area contributed by atoms with Crippen molar-refractivity contribution < 1.29 is 36.6 Å². The van der Waals surface area contributed by atoms with Crippen LogP contribution in [0.25, 0.3) is 17.1 Å². The van der Waals surface area contributed by atoms with Crippen LogP contribution in [0.3, 0.4) is 0 Å². The highest BCUT2D eigenvalue weighted by Crippen LogP contribution is 2.34. The average molecular weight is 613 g/mol. The molecular weight excluding hydrogens is 592 g/mol. The van der Waals surface area contributed by atoms with Crippen molar-refractivity contribution in [3.8, 4) is 22.8 Å². The average Bonchev–Trinajstić information content (AvgIpc) is 3.60. The lowest BCUT2D eigenvalue weighted by Gasteiger charge is -2.24. The molecule has 43 heavy (non-hydrogen) atoms. The molecule has 15 heteroatoms. The third-order valence-corrected chi connectivity index (χ3v) is 7.42. The number of nitrogens with one attached hydrogen (secondary N) is 1. The summed E-state index contributed by atoms with van der Waals surface area (Å²) in [6, 6.07) is 13.6. The molecule has 0 atom stereocenters. The first-order valence-electron chi connectivity index (χ1n) is 12.8. The van der Waals surface area contributed by atoms with Crippen LogP contribution in [-0.2, 0) is 22.6 Å². The normalized spacial score (nSPS) is 16.0. The van der Waals surface area contributed by atoms with Gasteiger partial charge in [0.1, 0.15) is 17.9 Å². The van der Waals surface area contributed by atoms with Crippen LogP contribution in [0.4, 0.5) is 33.7 Å². The van der Waals surface area contributed by atoms with Crippen LogP contribution in [0.15, 0.2) is 72.0 Å². The highest BCUT2D eigenvalue weighted by Gasteiger charge is 2.33. The highest BCUT2D eigenvalue weighted by atomic mass is 32.2. The van der Waals surface area contributed by atoms with Gasteiger partial charge in [-0.15, -0.1) is 18.3 Å². The summed E-state index contributed by atoms with van der Waals surface area (Å²) in [4.78, 5) is 35.1. The number of thioether (sulfide) groups is 1. The Morgan fingerprint density at radius 2 is 1.93 bits per heavy atom. The SMILES string of the molecule is O=C(N=C1SCC(=O)N1c1cccc2c1CCOC2)Nc1ccc(-c2ncn(-c3ccc(OC(F)(F)F)cc3)n2)cc1F. The lowest BCUT2D eigenvalue weighted by atomic mass is 10.0. The second-order valence-corrected chi connectivity index (χ2v) is 10.3. The molecule has 3 aromatic carbocycles. The predicted molar refractivity (Wildman–Crippen MR) is 150 cm³/mol. The maximum atomic E-state index is 15.0. The van der Waals surface area contributed by atoms with Crippen LogP contribution < -0.4 is 15.0 Å². The third kappa shape index (κ3) is 6.22. The zero-order valence-corrected chi connectivity index (χ0v) is 22.8. The zero-order chi connectivity index (χ0) is 30.1.